The van der Waals surface area contributed by atoms with Gasteiger partial charge in [-0.05, 0) is 36.2 Å². The first-order chi connectivity index (χ1) is 10.1. The number of ether oxygens (including phenoxy) is 1. The van der Waals surface area contributed by atoms with Crippen LogP contribution in [-0.2, 0) is 0 Å². The lowest BCUT2D eigenvalue weighted by molar-refractivity contribution is 0.102. The molecule has 0 spiro atoms. The summed E-state index contributed by atoms with van der Waals surface area (Å²) in [5.74, 6) is 0.973. The van der Waals surface area contributed by atoms with E-state index in [9.17, 15) is 4.79 Å². The zero-order valence-electron chi connectivity index (χ0n) is 12.2. The van der Waals surface area contributed by atoms with E-state index in [0.717, 1.165) is 4.90 Å². The number of anilines is 1. The van der Waals surface area contributed by atoms with E-state index < -0.39 is 0 Å². The van der Waals surface area contributed by atoms with Gasteiger partial charge in [-0.3, -0.25) is 4.79 Å². The number of para-hydroxylation sites is 1. The highest BCUT2D eigenvalue weighted by Crippen LogP contribution is 2.20. The summed E-state index contributed by atoms with van der Waals surface area (Å²) in [6.07, 6.45) is 0. The molecule has 0 fully saturated rings. The molecule has 0 atom stereocenters. The molecule has 2 rings (SSSR count). The van der Waals surface area contributed by atoms with Crippen molar-refractivity contribution in [1.82, 2.24) is 0 Å². The van der Waals surface area contributed by atoms with Crippen molar-refractivity contribution < 1.29 is 9.53 Å². The van der Waals surface area contributed by atoms with Crippen LogP contribution in [0.1, 0.15) is 24.2 Å². The third-order valence-electron chi connectivity index (χ3n) is 2.83. The van der Waals surface area contributed by atoms with Gasteiger partial charge in [0.1, 0.15) is 5.75 Å². The third kappa shape index (κ3) is 4.53. The number of thiol groups is 1. The maximum absolute atomic E-state index is 12.3. The Hall–Kier alpha value is -1.94. The lowest BCUT2D eigenvalue weighted by atomic mass is 10.2. The Labute approximate surface area is 130 Å². The van der Waals surface area contributed by atoms with Crippen molar-refractivity contribution in [3.63, 3.8) is 0 Å². The fourth-order valence-electron chi connectivity index (χ4n) is 1.76. The average molecular weight is 301 g/mol. The first kappa shape index (κ1) is 15.4. The summed E-state index contributed by atoms with van der Waals surface area (Å²) in [5.41, 5.74) is 1.26. The van der Waals surface area contributed by atoms with Gasteiger partial charge in [-0.1, -0.05) is 32.0 Å². The molecule has 4 heteroatoms. The molecule has 0 aliphatic heterocycles. The Kier molecular flexibility index (Phi) is 5.28. The summed E-state index contributed by atoms with van der Waals surface area (Å²) >= 11 is 4.32. The number of hydrogen-bond donors (Lipinski definition) is 2. The fraction of sp³-hybridized carbons (Fsp3) is 0.235. The van der Waals surface area contributed by atoms with Gasteiger partial charge >= 0.3 is 0 Å². The van der Waals surface area contributed by atoms with Gasteiger partial charge in [-0.25, -0.2) is 0 Å². The van der Waals surface area contributed by atoms with Crippen molar-refractivity contribution in [2.24, 2.45) is 5.92 Å². The summed E-state index contributed by atoms with van der Waals surface area (Å²) < 4.78 is 5.64. The summed E-state index contributed by atoms with van der Waals surface area (Å²) in [4.78, 5) is 13.0. The molecule has 3 nitrogen and oxygen atoms in total. The lowest BCUT2D eigenvalue weighted by Gasteiger charge is -2.11. The van der Waals surface area contributed by atoms with Crippen LogP contribution < -0.4 is 10.1 Å². The van der Waals surface area contributed by atoms with Crippen LogP contribution >= 0.6 is 12.6 Å². The number of rotatable bonds is 5. The number of carbonyl (C=O) groups is 1. The molecule has 0 aliphatic rings. The second kappa shape index (κ2) is 7.18. The van der Waals surface area contributed by atoms with Crippen molar-refractivity contribution in [1.29, 1.82) is 0 Å². The number of nitrogens with one attached hydrogen (secondary N) is 1. The first-order valence-corrected chi connectivity index (χ1v) is 7.33. The molecule has 2 aromatic rings. The molecule has 0 aromatic heterocycles. The predicted octanol–water partition coefficient (Wildman–Crippen LogP) is 4.26. The SMILES string of the molecule is CC(C)COc1cccc(C(=O)Nc2ccccc2S)c1. The minimum Gasteiger partial charge on any atom is -0.493 e. The first-order valence-electron chi connectivity index (χ1n) is 6.88. The monoisotopic (exact) mass is 301 g/mol. The van der Waals surface area contributed by atoms with Crippen molar-refractivity contribution >= 4 is 24.2 Å². The molecule has 1 N–H and O–H groups in total. The quantitative estimate of drug-likeness (QED) is 0.810. The van der Waals surface area contributed by atoms with Crippen molar-refractivity contribution in [3.8, 4) is 5.75 Å². The molecule has 21 heavy (non-hydrogen) atoms. The normalized spacial score (nSPS) is 10.5. The summed E-state index contributed by atoms with van der Waals surface area (Å²) in [6.45, 7) is 4.80. The smallest absolute Gasteiger partial charge is 0.255 e. The molecule has 0 saturated heterocycles. The molecule has 0 radical (unpaired) electrons. The van der Waals surface area contributed by atoms with Gasteiger partial charge < -0.3 is 10.1 Å². The molecule has 1 amide bonds. The molecule has 0 aliphatic carbocycles. The number of carbonyl (C=O) groups excluding carboxylic acids is 1. The maximum atomic E-state index is 12.3. The van der Waals surface area contributed by atoms with Gasteiger partial charge in [-0.15, -0.1) is 12.6 Å². The highest BCUT2D eigenvalue weighted by Gasteiger charge is 2.09. The van der Waals surface area contributed by atoms with Crippen LogP contribution in [0, 0.1) is 5.92 Å². The van der Waals surface area contributed by atoms with Gasteiger partial charge in [-0.2, -0.15) is 0 Å². The largest absolute Gasteiger partial charge is 0.493 e. The van der Waals surface area contributed by atoms with E-state index in [-0.39, 0.29) is 5.91 Å². The molecule has 110 valence electrons. The molecule has 0 saturated carbocycles. The van der Waals surface area contributed by atoms with Gasteiger partial charge in [0.25, 0.3) is 5.91 Å². The lowest BCUT2D eigenvalue weighted by Crippen LogP contribution is -2.12. The van der Waals surface area contributed by atoms with Gasteiger partial charge in [0, 0.05) is 10.5 Å². The van der Waals surface area contributed by atoms with Crippen LogP contribution in [0.2, 0.25) is 0 Å². The van der Waals surface area contributed by atoms with E-state index in [1.807, 2.05) is 36.4 Å². The van der Waals surface area contributed by atoms with Crippen molar-refractivity contribution in [2.45, 2.75) is 18.7 Å². The molecular weight excluding hydrogens is 282 g/mol. The van der Waals surface area contributed by atoms with Gasteiger partial charge in [0.05, 0.1) is 12.3 Å². The van der Waals surface area contributed by atoms with Gasteiger partial charge in [0.2, 0.25) is 0 Å². The minimum absolute atomic E-state index is 0.175. The second-order valence-corrected chi connectivity index (χ2v) is 5.69. The van der Waals surface area contributed by atoms with Crippen LogP contribution in [0.25, 0.3) is 0 Å². The van der Waals surface area contributed by atoms with E-state index in [0.29, 0.717) is 29.5 Å². The average Bonchev–Trinajstić information content (AvgIpc) is 2.48. The Balaban J connectivity index is 2.09. The van der Waals surface area contributed by atoms with E-state index >= 15 is 0 Å². The summed E-state index contributed by atoms with van der Waals surface area (Å²) in [6, 6.07) is 14.6. The molecule has 2 aromatic carbocycles. The van der Waals surface area contributed by atoms with Crippen LogP contribution in [0.4, 0.5) is 5.69 Å². The zero-order valence-corrected chi connectivity index (χ0v) is 13.1. The maximum Gasteiger partial charge on any atom is 0.255 e. The Morgan fingerprint density at radius 1 is 1.19 bits per heavy atom. The van der Waals surface area contributed by atoms with Crippen LogP contribution in [0.15, 0.2) is 53.4 Å². The van der Waals surface area contributed by atoms with E-state index in [1.54, 1.807) is 12.1 Å². The molecule has 0 heterocycles. The van der Waals surface area contributed by atoms with E-state index in [2.05, 4.69) is 31.8 Å². The Bertz CT molecular complexity index is 626. The minimum atomic E-state index is -0.175. The highest BCUT2D eigenvalue weighted by atomic mass is 32.1. The third-order valence-corrected chi connectivity index (χ3v) is 3.22. The zero-order chi connectivity index (χ0) is 15.2. The Morgan fingerprint density at radius 3 is 2.67 bits per heavy atom. The van der Waals surface area contributed by atoms with E-state index in [1.165, 1.54) is 0 Å². The van der Waals surface area contributed by atoms with E-state index in [4.69, 9.17) is 4.74 Å². The number of amides is 1. The summed E-state index contributed by atoms with van der Waals surface area (Å²) in [7, 11) is 0. The Morgan fingerprint density at radius 2 is 1.95 bits per heavy atom. The molecule has 0 unspecified atom stereocenters. The summed E-state index contributed by atoms with van der Waals surface area (Å²) in [5, 5.41) is 2.85. The van der Waals surface area contributed by atoms with Crippen LogP contribution in [-0.4, -0.2) is 12.5 Å². The highest BCUT2D eigenvalue weighted by molar-refractivity contribution is 7.80. The predicted molar refractivity (Wildman–Crippen MR) is 88.4 cm³/mol. The topological polar surface area (TPSA) is 38.3 Å². The van der Waals surface area contributed by atoms with Crippen molar-refractivity contribution in [2.75, 3.05) is 11.9 Å². The van der Waals surface area contributed by atoms with Crippen molar-refractivity contribution in [3.05, 3.63) is 54.1 Å². The molecular formula is C17H19NO2S. The molecule has 0 bridgehead atoms. The number of hydrogen-bond acceptors (Lipinski definition) is 3. The standard InChI is InChI=1S/C17H19NO2S/c1-12(2)11-20-14-7-5-6-13(10-14)17(19)18-15-8-3-4-9-16(15)21/h3-10,12,21H,11H2,1-2H3,(H,18,19). The fourth-order valence-corrected chi connectivity index (χ4v) is 1.98. The van der Waals surface area contributed by atoms with Gasteiger partial charge in [0.15, 0.2) is 0 Å². The number of benzene rings is 2. The van der Waals surface area contributed by atoms with Crippen LogP contribution in [0.5, 0.6) is 5.75 Å². The van der Waals surface area contributed by atoms with Crippen LogP contribution in [0.3, 0.4) is 0 Å². The second-order valence-electron chi connectivity index (χ2n) is 5.20.